The van der Waals surface area contributed by atoms with Crippen LogP contribution in [0.4, 0.5) is 0 Å². The Labute approximate surface area is 124 Å². The van der Waals surface area contributed by atoms with Crippen LogP contribution in [0.5, 0.6) is 0 Å². The molecule has 102 valence electrons. The summed E-state index contributed by atoms with van der Waals surface area (Å²) in [6.07, 6.45) is 10.3. The zero-order chi connectivity index (χ0) is 13.8. The summed E-state index contributed by atoms with van der Waals surface area (Å²) in [6.45, 7) is 9.47. The van der Waals surface area contributed by atoms with Crippen molar-refractivity contribution in [1.29, 1.82) is 0 Å². The van der Waals surface area contributed by atoms with Crippen LogP contribution in [0.2, 0.25) is 0 Å². The molecule has 1 fully saturated rings. The van der Waals surface area contributed by atoms with Gasteiger partial charge in [-0.3, -0.25) is 4.79 Å². The van der Waals surface area contributed by atoms with E-state index in [-0.39, 0.29) is 0 Å². The summed E-state index contributed by atoms with van der Waals surface area (Å²) in [5.41, 5.74) is 1.13. The number of hydrogen-bond donors (Lipinski definition) is 0. The highest BCUT2D eigenvalue weighted by Crippen LogP contribution is 2.05. The highest BCUT2D eigenvalue weighted by atomic mass is 127. The minimum absolute atomic E-state index is 0.891. The van der Waals surface area contributed by atoms with Crippen molar-refractivity contribution >= 4 is 29.4 Å². The maximum absolute atomic E-state index is 10.1. The monoisotopic (exact) mass is 363 g/mol. The first-order valence-electron chi connectivity index (χ1n) is 6.09. The molecule has 1 saturated heterocycles. The Balaban J connectivity index is 0.000000327. The molecule has 3 nitrogen and oxygen atoms in total. The summed E-state index contributed by atoms with van der Waals surface area (Å²) >= 11 is 1.85. The summed E-state index contributed by atoms with van der Waals surface area (Å²) in [6, 6.07) is 0. The van der Waals surface area contributed by atoms with Crippen molar-refractivity contribution in [2.75, 3.05) is 13.1 Å². The molecule has 0 bridgehead atoms. The third kappa shape index (κ3) is 9.27. The minimum atomic E-state index is 0.891. The van der Waals surface area contributed by atoms with E-state index < -0.39 is 0 Å². The molecule has 0 saturated carbocycles. The van der Waals surface area contributed by atoms with Gasteiger partial charge in [0.25, 0.3) is 0 Å². The van der Waals surface area contributed by atoms with Crippen LogP contribution >= 0.6 is 23.0 Å². The second-order valence-electron chi connectivity index (χ2n) is 4.17. The minimum Gasteiger partial charge on any atom is -0.433 e. The van der Waals surface area contributed by atoms with E-state index in [1.54, 1.807) is 6.08 Å². The number of nitrogens with zero attached hydrogens (tertiary/aromatic N) is 1. The van der Waals surface area contributed by atoms with Crippen molar-refractivity contribution in [3.05, 3.63) is 36.1 Å². The van der Waals surface area contributed by atoms with Crippen LogP contribution in [-0.4, -0.2) is 24.4 Å². The molecule has 0 aliphatic carbocycles. The average molecular weight is 363 g/mol. The Morgan fingerprint density at radius 3 is 2.22 bits per heavy atom. The zero-order valence-corrected chi connectivity index (χ0v) is 13.4. The quantitative estimate of drug-likeness (QED) is 0.327. The van der Waals surface area contributed by atoms with E-state index in [1.807, 2.05) is 53.9 Å². The average Bonchev–Trinajstić information content (AvgIpc) is 2.45. The predicted molar refractivity (Wildman–Crippen MR) is 84.3 cm³/mol. The molecule has 0 N–H and O–H groups in total. The van der Waals surface area contributed by atoms with E-state index in [4.69, 9.17) is 3.07 Å². The first-order chi connectivity index (χ1) is 8.63. The largest absolute Gasteiger partial charge is 0.433 e. The second-order valence-corrected chi connectivity index (χ2v) is 4.61. The van der Waals surface area contributed by atoms with Gasteiger partial charge in [0.05, 0.1) is 0 Å². The SMILES string of the molecule is C=C/C(C)=C\C=C(/C)OI.O=CN1CCCCC1. The molecular formula is C14H22INO2. The third-order valence-electron chi connectivity index (χ3n) is 2.56. The van der Waals surface area contributed by atoms with Gasteiger partial charge in [-0.15, -0.1) is 0 Å². The first-order valence-corrected chi connectivity index (χ1v) is 6.97. The van der Waals surface area contributed by atoms with Gasteiger partial charge in [0.2, 0.25) is 6.41 Å². The molecular weight excluding hydrogens is 341 g/mol. The maximum atomic E-state index is 10.1. The highest BCUT2D eigenvalue weighted by Gasteiger charge is 2.05. The summed E-state index contributed by atoms with van der Waals surface area (Å²) in [5, 5.41) is 0. The topological polar surface area (TPSA) is 29.5 Å². The van der Waals surface area contributed by atoms with Crippen molar-refractivity contribution in [1.82, 2.24) is 4.90 Å². The molecule has 0 aromatic carbocycles. The zero-order valence-electron chi connectivity index (χ0n) is 11.2. The van der Waals surface area contributed by atoms with E-state index in [9.17, 15) is 4.79 Å². The Hall–Kier alpha value is -0.780. The van der Waals surface area contributed by atoms with Crippen LogP contribution in [0.3, 0.4) is 0 Å². The van der Waals surface area contributed by atoms with Gasteiger partial charge in [-0.25, -0.2) is 0 Å². The first kappa shape index (κ1) is 17.2. The Bertz CT molecular complexity index is 305. The van der Waals surface area contributed by atoms with Gasteiger partial charge in [0, 0.05) is 13.1 Å². The standard InChI is InChI=1S/C8H11IO.C6H11NO/c1-4-7(2)5-6-8(3)10-9;8-6-7-4-2-1-3-5-7/h4-6H,1H2,2-3H3;6H,1-5H2/b7-5-,8-6+;. The van der Waals surface area contributed by atoms with Gasteiger partial charge in [0.1, 0.15) is 5.76 Å². The Morgan fingerprint density at radius 1 is 1.22 bits per heavy atom. The summed E-state index contributed by atoms with van der Waals surface area (Å²) in [4.78, 5) is 11.9. The van der Waals surface area contributed by atoms with Crippen LogP contribution in [0.15, 0.2) is 36.1 Å². The van der Waals surface area contributed by atoms with Crippen molar-refractivity contribution < 1.29 is 7.86 Å². The van der Waals surface area contributed by atoms with Crippen LogP contribution in [0.1, 0.15) is 33.1 Å². The van der Waals surface area contributed by atoms with E-state index in [0.29, 0.717) is 0 Å². The van der Waals surface area contributed by atoms with Crippen molar-refractivity contribution in [3.8, 4) is 0 Å². The fraction of sp³-hybridized carbons (Fsp3) is 0.500. The van der Waals surface area contributed by atoms with E-state index in [1.165, 1.54) is 19.3 Å². The number of allylic oxidation sites excluding steroid dienone is 5. The van der Waals surface area contributed by atoms with E-state index in [2.05, 4.69) is 6.58 Å². The van der Waals surface area contributed by atoms with E-state index >= 15 is 0 Å². The van der Waals surface area contributed by atoms with Crippen molar-refractivity contribution in [2.24, 2.45) is 0 Å². The smallest absolute Gasteiger partial charge is 0.209 e. The van der Waals surface area contributed by atoms with Crippen molar-refractivity contribution in [2.45, 2.75) is 33.1 Å². The number of hydrogen-bond acceptors (Lipinski definition) is 2. The molecule has 0 unspecified atom stereocenters. The molecule has 0 aromatic rings. The number of carbonyl (C=O) groups is 1. The fourth-order valence-corrected chi connectivity index (χ4v) is 1.51. The maximum Gasteiger partial charge on any atom is 0.209 e. The molecule has 1 rings (SSSR count). The van der Waals surface area contributed by atoms with Gasteiger partial charge < -0.3 is 7.97 Å². The van der Waals surface area contributed by atoms with Crippen LogP contribution in [0, 0.1) is 0 Å². The normalized spacial score (nSPS) is 16.5. The number of amides is 1. The molecule has 0 spiro atoms. The molecule has 4 heteroatoms. The number of halogens is 1. The van der Waals surface area contributed by atoms with Crippen molar-refractivity contribution in [3.63, 3.8) is 0 Å². The second kappa shape index (κ2) is 11.3. The summed E-state index contributed by atoms with van der Waals surface area (Å²) in [7, 11) is 0. The van der Waals surface area contributed by atoms with Crippen LogP contribution in [-0.2, 0) is 7.86 Å². The van der Waals surface area contributed by atoms with Gasteiger partial charge in [0.15, 0.2) is 23.0 Å². The molecule has 1 aliphatic rings. The van der Waals surface area contributed by atoms with Gasteiger partial charge >= 0.3 is 0 Å². The molecule has 1 amide bonds. The lowest BCUT2D eigenvalue weighted by atomic mass is 10.1. The number of rotatable bonds is 4. The van der Waals surface area contributed by atoms with Gasteiger partial charge in [-0.1, -0.05) is 24.3 Å². The summed E-state index contributed by atoms with van der Waals surface area (Å²) in [5.74, 6) is 0.891. The Morgan fingerprint density at radius 2 is 1.83 bits per heavy atom. The van der Waals surface area contributed by atoms with Gasteiger partial charge in [-0.05, 0) is 39.2 Å². The molecule has 18 heavy (non-hydrogen) atoms. The lowest BCUT2D eigenvalue weighted by molar-refractivity contribution is -0.118. The molecule has 0 aromatic heterocycles. The van der Waals surface area contributed by atoms with Crippen LogP contribution < -0.4 is 0 Å². The lowest BCUT2D eigenvalue weighted by Gasteiger charge is -2.21. The number of carbonyl (C=O) groups excluding carboxylic acids is 1. The lowest BCUT2D eigenvalue weighted by Crippen LogP contribution is -2.27. The van der Waals surface area contributed by atoms with E-state index in [0.717, 1.165) is 30.8 Å². The van der Waals surface area contributed by atoms with Gasteiger partial charge in [-0.2, -0.15) is 0 Å². The Kier molecular flexibility index (Phi) is 10.8. The third-order valence-corrected chi connectivity index (χ3v) is 3.26. The number of likely N-dealkylation sites (tertiary alicyclic amines) is 1. The molecule has 0 atom stereocenters. The fourth-order valence-electron chi connectivity index (χ4n) is 1.37. The number of piperidine rings is 1. The highest BCUT2D eigenvalue weighted by molar-refractivity contribution is 14.1. The van der Waals surface area contributed by atoms with Crippen LogP contribution in [0.25, 0.3) is 0 Å². The molecule has 1 heterocycles. The molecule has 0 radical (unpaired) electrons. The summed E-state index contributed by atoms with van der Waals surface area (Å²) < 4.78 is 4.90. The molecule has 1 aliphatic heterocycles. The predicted octanol–water partition coefficient (Wildman–Crippen LogP) is 4.02.